The molecule has 0 atom stereocenters. The standard InChI is InChI=1S/C19H23ClFN3O2S/c1-13(2)24(11-18(25)22-15-6-4-14(21)5-7-15)12-19(26)23(3)10-16-8-9-17(20)27-16/h4-9,13H,10-12H2,1-3H3,(H,22,25). The van der Waals surface area contributed by atoms with E-state index in [4.69, 9.17) is 11.6 Å². The van der Waals surface area contributed by atoms with Crippen molar-refractivity contribution in [2.24, 2.45) is 0 Å². The van der Waals surface area contributed by atoms with Crippen LogP contribution in [0, 0.1) is 5.82 Å². The van der Waals surface area contributed by atoms with E-state index >= 15 is 0 Å². The molecule has 0 saturated carbocycles. The summed E-state index contributed by atoms with van der Waals surface area (Å²) >= 11 is 7.36. The Labute approximate surface area is 167 Å². The minimum absolute atomic E-state index is 0.0116. The van der Waals surface area contributed by atoms with Gasteiger partial charge in [0, 0.05) is 23.7 Å². The number of nitrogens with one attached hydrogen (secondary N) is 1. The molecule has 2 aromatic rings. The lowest BCUT2D eigenvalue weighted by molar-refractivity contribution is -0.132. The monoisotopic (exact) mass is 411 g/mol. The minimum atomic E-state index is -0.363. The van der Waals surface area contributed by atoms with Gasteiger partial charge in [-0.05, 0) is 50.2 Å². The van der Waals surface area contributed by atoms with Crippen LogP contribution in [-0.4, -0.2) is 47.8 Å². The molecule has 0 spiro atoms. The van der Waals surface area contributed by atoms with Crippen LogP contribution in [0.3, 0.4) is 0 Å². The van der Waals surface area contributed by atoms with Gasteiger partial charge >= 0.3 is 0 Å². The molecule has 27 heavy (non-hydrogen) atoms. The normalized spacial score (nSPS) is 11.1. The van der Waals surface area contributed by atoms with Gasteiger partial charge in [-0.2, -0.15) is 0 Å². The summed E-state index contributed by atoms with van der Waals surface area (Å²) in [6, 6.07) is 9.28. The van der Waals surface area contributed by atoms with Gasteiger partial charge in [0.25, 0.3) is 0 Å². The SMILES string of the molecule is CC(C)N(CC(=O)Nc1ccc(F)cc1)CC(=O)N(C)Cc1ccc(Cl)s1. The predicted octanol–water partition coefficient (Wildman–Crippen LogP) is 3.85. The quantitative estimate of drug-likeness (QED) is 0.717. The Hall–Kier alpha value is -1.96. The van der Waals surface area contributed by atoms with Crippen molar-refractivity contribution in [1.82, 2.24) is 9.80 Å². The number of thiophene rings is 1. The molecule has 0 saturated heterocycles. The van der Waals surface area contributed by atoms with Crippen LogP contribution in [0.15, 0.2) is 36.4 Å². The van der Waals surface area contributed by atoms with Crippen molar-refractivity contribution >= 4 is 40.4 Å². The summed E-state index contributed by atoms with van der Waals surface area (Å²) in [5, 5.41) is 2.71. The number of anilines is 1. The molecule has 8 heteroatoms. The number of halogens is 2. The number of rotatable bonds is 8. The van der Waals surface area contributed by atoms with Gasteiger partial charge in [0.15, 0.2) is 0 Å². The Morgan fingerprint density at radius 2 is 1.81 bits per heavy atom. The Morgan fingerprint density at radius 1 is 1.15 bits per heavy atom. The summed E-state index contributed by atoms with van der Waals surface area (Å²) in [6.07, 6.45) is 0. The van der Waals surface area contributed by atoms with E-state index in [9.17, 15) is 14.0 Å². The first-order valence-electron chi connectivity index (χ1n) is 8.52. The first-order valence-corrected chi connectivity index (χ1v) is 9.71. The number of carbonyl (C=O) groups is 2. The lowest BCUT2D eigenvalue weighted by atomic mass is 10.2. The fourth-order valence-corrected chi connectivity index (χ4v) is 3.53. The summed E-state index contributed by atoms with van der Waals surface area (Å²) in [5.74, 6) is -0.698. The number of carbonyl (C=O) groups excluding carboxylic acids is 2. The van der Waals surface area contributed by atoms with Crippen molar-refractivity contribution in [3.05, 3.63) is 51.4 Å². The van der Waals surface area contributed by atoms with E-state index in [2.05, 4.69) is 5.32 Å². The van der Waals surface area contributed by atoms with Crippen molar-refractivity contribution in [3.8, 4) is 0 Å². The molecule has 146 valence electrons. The fourth-order valence-electron chi connectivity index (χ4n) is 2.39. The second-order valence-corrected chi connectivity index (χ2v) is 8.31. The van der Waals surface area contributed by atoms with Gasteiger partial charge in [0.2, 0.25) is 11.8 Å². The summed E-state index contributed by atoms with van der Waals surface area (Å²) in [6.45, 7) is 4.53. The van der Waals surface area contributed by atoms with Crippen LogP contribution < -0.4 is 5.32 Å². The lowest BCUT2D eigenvalue weighted by Crippen LogP contribution is -2.44. The van der Waals surface area contributed by atoms with Gasteiger partial charge in [0.05, 0.1) is 24.0 Å². The summed E-state index contributed by atoms with van der Waals surface area (Å²) in [7, 11) is 1.73. The van der Waals surface area contributed by atoms with Crippen molar-refractivity contribution < 1.29 is 14.0 Å². The Bertz CT molecular complexity index is 780. The fraction of sp³-hybridized carbons (Fsp3) is 0.368. The third-order valence-electron chi connectivity index (χ3n) is 3.99. The molecule has 0 fully saturated rings. The summed E-state index contributed by atoms with van der Waals surface area (Å²) < 4.78 is 13.6. The number of amides is 2. The smallest absolute Gasteiger partial charge is 0.238 e. The van der Waals surface area contributed by atoms with E-state index in [-0.39, 0.29) is 36.8 Å². The van der Waals surface area contributed by atoms with E-state index in [0.29, 0.717) is 16.6 Å². The Balaban J connectivity index is 1.90. The third kappa shape index (κ3) is 6.93. The van der Waals surface area contributed by atoms with E-state index in [1.54, 1.807) is 22.9 Å². The maximum Gasteiger partial charge on any atom is 0.238 e. The number of likely N-dealkylation sites (N-methyl/N-ethyl adjacent to an activating group) is 1. The zero-order valence-corrected chi connectivity index (χ0v) is 17.1. The number of nitrogens with zero attached hydrogens (tertiary/aromatic N) is 2. The maximum atomic E-state index is 12.9. The first kappa shape index (κ1) is 21.3. The number of hydrogen-bond donors (Lipinski definition) is 1. The van der Waals surface area contributed by atoms with Gasteiger partial charge in [-0.15, -0.1) is 11.3 Å². The largest absolute Gasteiger partial charge is 0.340 e. The van der Waals surface area contributed by atoms with E-state index in [1.807, 2.05) is 19.9 Å². The van der Waals surface area contributed by atoms with Crippen LogP contribution in [0.5, 0.6) is 0 Å². The summed E-state index contributed by atoms with van der Waals surface area (Å²) in [4.78, 5) is 29.2. The second-order valence-electron chi connectivity index (χ2n) is 6.51. The van der Waals surface area contributed by atoms with Crippen molar-refractivity contribution in [2.75, 3.05) is 25.5 Å². The zero-order chi connectivity index (χ0) is 20.0. The zero-order valence-electron chi connectivity index (χ0n) is 15.5. The van der Waals surface area contributed by atoms with Crippen LogP contribution in [-0.2, 0) is 16.1 Å². The highest BCUT2D eigenvalue weighted by Crippen LogP contribution is 2.22. The van der Waals surface area contributed by atoms with Crippen LogP contribution in [0.1, 0.15) is 18.7 Å². The first-order chi connectivity index (χ1) is 12.7. The third-order valence-corrected chi connectivity index (χ3v) is 5.21. The van der Waals surface area contributed by atoms with Gasteiger partial charge < -0.3 is 10.2 Å². The van der Waals surface area contributed by atoms with Crippen molar-refractivity contribution in [1.29, 1.82) is 0 Å². The molecule has 1 aromatic carbocycles. The average Bonchev–Trinajstić information content (AvgIpc) is 3.01. The molecular weight excluding hydrogens is 389 g/mol. The van der Waals surface area contributed by atoms with Crippen LogP contribution in [0.25, 0.3) is 0 Å². The molecule has 0 aliphatic heterocycles. The highest BCUT2D eigenvalue weighted by Gasteiger charge is 2.20. The van der Waals surface area contributed by atoms with Gasteiger partial charge in [-0.3, -0.25) is 14.5 Å². The highest BCUT2D eigenvalue weighted by molar-refractivity contribution is 7.16. The molecule has 1 aromatic heterocycles. The van der Waals surface area contributed by atoms with Gasteiger partial charge in [0.1, 0.15) is 5.82 Å². The lowest BCUT2D eigenvalue weighted by Gasteiger charge is -2.27. The summed E-state index contributed by atoms with van der Waals surface area (Å²) in [5.41, 5.74) is 0.517. The molecule has 0 radical (unpaired) electrons. The molecule has 1 N–H and O–H groups in total. The molecule has 0 unspecified atom stereocenters. The van der Waals surface area contributed by atoms with Crippen LogP contribution in [0.2, 0.25) is 4.34 Å². The van der Waals surface area contributed by atoms with Crippen LogP contribution in [0.4, 0.5) is 10.1 Å². The number of benzene rings is 1. The second kappa shape index (κ2) is 9.82. The molecule has 1 heterocycles. The molecular formula is C19H23ClFN3O2S. The van der Waals surface area contributed by atoms with Crippen molar-refractivity contribution in [2.45, 2.75) is 26.4 Å². The van der Waals surface area contributed by atoms with Gasteiger partial charge in [-0.25, -0.2) is 4.39 Å². The molecule has 0 aliphatic rings. The van der Waals surface area contributed by atoms with E-state index < -0.39 is 0 Å². The van der Waals surface area contributed by atoms with Crippen LogP contribution >= 0.6 is 22.9 Å². The van der Waals surface area contributed by atoms with Gasteiger partial charge in [-0.1, -0.05) is 11.6 Å². The molecule has 0 bridgehead atoms. The maximum absolute atomic E-state index is 12.9. The topological polar surface area (TPSA) is 52.7 Å². The van der Waals surface area contributed by atoms with E-state index in [1.165, 1.54) is 35.6 Å². The number of hydrogen-bond acceptors (Lipinski definition) is 4. The van der Waals surface area contributed by atoms with E-state index in [0.717, 1.165) is 4.88 Å². The average molecular weight is 412 g/mol. The Kier molecular flexibility index (Phi) is 7.77. The minimum Gasteiger partial charge on any atom is -0.340 e. The Morgan fingerprint density at radius 3 is 2.37 bits per heavy atom. The molecule has 0 aliphatic carbocycles. The highest BCUT2D eigenvalue weighted by atomic mass is 35.5. The molecule has 2 amide bonds. The molecule has 2 rings (SSSR count). The van der Waals surface area contributed by atoms with Crippen molar-refractivity contribution in [3.63, 3.8) is 0 Å². The predicted molar refractivity (Wildman–Crippen MR) is 108 cm³/mol. The molecule has 5 nitrogen and oxygen atoms in total.